The van der Waals surface area contributed by atoms with E-state index < -0.39 is 5.41 Å². The van der Waals surface area contributed by atoms with E-state index >= 15 is 0 Å². The summed E-state index contributed by atoms with van der Waals surface area (Å²) in [5.41, 5.74) is 1.77. The Morgan fingerprint density at radius 3 is 1.24 bits per heavy atom. The van der Waals surface area contributed by atoms with Crippen molar-refractivity contribution >= 4 is 11.8 Å². The van der Waals surface area contributed by atoms with Gasteiger partial charge in [-0.2, -0.15) is 0 Å². The molecule has 42 heavy (non-hydrogen) atoms. The van der Waals surface area contributed by atoms with Crippen molar-refractivity contribution in [2.24, 2.45) is 21.7 Å². The van der Waals surface area contributed by atoms with Crippen LogP contribution in [0.15, 0.2) is 48.5 Å². The van der Waals surface area contributed by atoms with E-state index in [0.717, 1.165) is 24.0 Å². The highest BCUT2D eigenvalue weighted by Crippen LogP contribution is 2.26. The van der Waals surface area contributed by atoms with Crippen LogP contribution in [0.2, 0.25) is 0 Å². The first kappa shape index (κ1) is 39.0. The summed E-state index contributed by atoms with van der Waals surface area (Å²) in [4.78, 5) is 24.4. The predicted octanol–water partition coefficient (Wildman–Crippen LogP) is 8.05. The Labute approximate surface area is 256 Å². The van der Waals surface area contributed by atoms with Gasteiger partial charge in [-0.15, -0.1) is 0 Å². The SMILES string of the molecule is C.CC(C)(C)C(=O)NC(Cc1ccc(O)cc1)C(C)(C)C.CC(C)(C)CC(=O)NC(Cc1ccc(O)cc1)C(C)(C)C. The summed E-state index contributed by atoms with van der Waals surface area (Å²) >= 11 is 0. The number of carbonyl (C=O) groups is 2. The molecule has 0 aliphatic carbocycles. The van der Waals surface area contributed by atoms with E-state index in [1.165, 1.54) is 0 Å². The van der Waals surface area contributed by atoms with Crippen molar-refractivity contribution < 1.29 is 19.8 Å². The average molecular weight is 585 g/mol. The van der Waals surface area contributed by atoms with Gasteiger partial charge < -0.3 is 20.8 Å². The number of benzene rings is 2. The van der Waals surface area contributed by atoms with E-state index in [9.17, 15) is 19.8 Å². The van der Waals surface area contributed by atoms with Crippen LogP contribution in [0.3, 0.4) is 0 Å². The third-order valence-electron chi connectivity index (χ3n) is 6.86. The predicted molar refractivity (Wildman–Crippen MR) is 177 cm³/mol. The molecule has 0 aliphatic heterocycles. The zero-order chi connectivity index (χ0) is 31.8. The molecule has 2 atom stereocenters. The maximum Gasteiger partial charge on any atom is 0.225 e. The van der Waals surface area contributed by atoms with Gasteiger partial charge in [0.1, 0.15) is 11.5 Å². The first-order chi connectivity index (χ1) is 18.5. The molecule has 0 bridgehead atoms. The van der Waals surface area contributed by atoms with Crippen LogP contribution < -0.4 is 10.6 Å². The zero-order valence-corrected chi connectivity index (χ0v) is 27.6. The molecule has 4 N–H and O–H groups in total. The Morgan fingerprint density at radius 1 is 0.619 bits per heavy atom. The fourth-order valence-electron chi connectivity index (χ4n) is 3.98. The van der Waals surface area contributed by atoms with Crippen molar-refractivity contribution in [1.29, 1.82) is 0 Å². The minimum Gasteiger partial charge on any atom is -0.508 e. The molecule has 0 saturated carbocycles. The third kappa shape index (κ3) is 15.3. The second-order valence-corrected chi connectivity index (χ2v) is 15.6. The molecule has 2 amide bonds. The van der Waals surface area contributed by atoms with Crippen molar-refractivity contribution in [2.75, 3.05) is 0 Å². The van der Waals surface area contributed by atoms with Gasteiger partial charge in [-0.05, 0) is 64.5 Å². The molecule has 0 saturated heterocycles. The molecule has 2 unspecified atom stereocenters. The standard InChI is InChI=1S/C18H29NO2.C17H27NO2.CH4/c1-17(2,3)12-16(21)19-15(18(4,5)6)11-13-7-9-14(20)10-8-13;1-16(2,3)14(18-15(20)17(4,5)6)11-12-7-9-13(19)10-8-12;/h7-10,15,20H,11-12H2,1-6H3,(H,19,21);7-10,14,19H,11H2,1-6H3,(H,18,20);1H4. The maximum atomic E-state index is 12.2. The van der Waals surface area contributed by atoms with Crippen molar-refractivity contribution in [2.45, 2.75) is 122 Å². The summed E-state index contributed by atoms with van der Waals surface area (Å²) in [7, 11) is 0. The number of phenolic OH excluding ortho intramolecular Hbond substituents is 2. The fraction of sp³-hybridized carbons (Fsp3) is 0.611. The van der Waals surface area contributed by atoms with Gasteiger partial charge in [-0.25, -0.2) is 0 Å². The monoisotopic (exact) mass is 584 g/mol. The molecule has 6 nitrogen and oxygen atoms in total. The maximum absolute atomic E-state index is 12.2. The molecule has 0 aliphatic rings. The summed E-state index contributed by atoms with van der Waals surface area (Å²) in [6.07, 6.45) is 2.04. The fourth-order valence-corrected chi connectivity index (χ4v) is 3.98. The van der Waals surface area contributed by atoms with E-state index in [2.05, 4.69) is 72.9 Å². The van der Waals surface area contributed by atoms with E-state index in [4.69, 9.17) is 0 Å². The quantitative estimate of drug-likeness (QED) is 0.265. The molecular formula is C36H60N2O4. The van der Waals surface area contributed by atoms with E-state index in [1.807, 2.05) is 45.0 Å². The minimum atomic E-state index is -0.390. The summed E-state index contributed by atoms with van der Waals surface area (Å²) in [5.74, 6) is 0.694. The van der Waals surface area contributed by atoms with Gasteiger partial charge in [0, 0.05) is 23.9 Å². The molecular weight excluding hydrogens is 524 g/mol. The summed E-state index contributed by atoms with van der Waals surface area (Å²) in [6.45, 7) is 24.7. The van der Waals surface area contributed by atoms with Gasteiger partial charge in [0.15, 0.2) is 0 Å². The Bertz CT molecular complexity index is 1090. The second-order valence-electron chi connectivity index (χ2n) is 15.6. The van der Waals surface area contributed by atoms with Crippen LogP contribution in [0.25, 0.3) is 0 Å². The van der Waals surface area contributed by atoms with Crippen LogP contribution in [-0.2, 0) is 22.4 Å². The van der Waals surface area contributed by atoms with Crippen LogP contribution >= 0.6 is 0 Å². The van der Waals surface area contributed by atoms with E-state index in [-0.39, 0.29) is 59.1 Å². The molecule has 2 aromatic carbocycles. The summed E-state index contributed by atoms with van der Waals surface area (Å²) in [6, 6.07) is 14.5. The lowest BCUT2D eigenvalue weighted by atomic mass is 9.82. The van der Waals surface area contributed by atoms with E-state index in [1.54, 1.807) is 24.3 Å². The van der Waals surface area contributed by atoms with Crippen molar-refractivity contribution in [3.8, 4) is 11.5 Å². The van der Waals surface area contributed by atoms with Gasteiger partial charge in [0.05, 0.1) is 0 Å². The van der Waals surface area contributed by atoms with Crippen LogP contribution in [0, 0.1) is 21.7 Å². The lowest BCUT2D eigenvalue weighted by Gasteiger charge is -2.34. The Morgan fingerprint density at radius 2 is 0.952 bits per heavy atom. The Balaban J connectivity index is 0.000000783. The molecule has 0 fully saturated rings. The molecule has 0 spiro atoms. The number of rotatable bonds is 7. The number of carbonyl (C=O) groups excluding carboxylic acids is 2. The molecule has 2 rings (SSSR count). The van der Waals surface area contributed by atoms with Gasteiger partial charge in [0.2, 0.25) is 11.8 Å². The topological polar surface area (TPSA) is 98.7 Å². The average Bonchev–Trinajstić information content (AvgIpc) is 2.78. The number of phenols is 2. The number of hydrogen-bond donors (Lipinski definition) is 4. The van der Waals surface area contributed by atoms with Gasteiger partial charge in [-0.1, -0.05) is 115 Å². The molecule has 0 radical (unpaired) electrons. The lowest BCUT2D eigenvalue weighted by Crippen LogP contribution is -2.48. The van der Waals surface area contributed by atoms with E-state index in [0.29, 0.717) is 6.42 Å². The number of amides is 2. The second kappa shape index (κ2) is 15.5. The van der Waals surface area contributed by atoms with Crippen LogP contribution in [0.1, 0.15) is 108 Å². The molecule has 0 heterocycles. The largest absolute Gasteiger partial charge is 0.508 e. The normalized spacial score (nSPS) is 13.5. The minimum absolute atomic E-state index is 0. The van der Waals surface area contributed by atoms with Crippen LogP contribution in [-0.4, -0.2) is 34.1 Å². The summed E-state index contributed by atoms with van der Waals surface area (Å²) in [5, 5.41) is 25.0. The Hall–Kier alpha value is -3.02. The smallest absolute Gasteiger partial charge is 0.225 e. The highest BCUT2D eigenvalue weighted by Gasteiger charge is 2.31. The third-order valence-corrected chi connectivity index (χ3v) is 6.86. The highest BCUT2D eigenvalue weighted by atomic mass is 16.3. The number of hydrogen-bond acceptors (Lipinski definition) is 4. The zero-order valence-electron chi connectivity index (χ0n) is 27.6. The summed E-state index contributed by atoms with van der Waals surface area (Å²) < 4.78 is 0. The van der Waals surface area contributed by atoms with Crippen molar-refractivity contribution in [3.05, 3.63) is 59.7 Å². The van der Waals surface area contributed by atoms with Gasteiger partial charge in [0.25, 0.3) is 0 Å². The van der Waals surface area contributed by atoms with Crippen LogP contribution in [0.4, 0.5) is 0 Å². The molecule has 2 aromatic rings. The van der Waals surface area contributed by atoms with Gasteiger partial charge in [-0.3, -0.25) is 9.59 Å². The van der Waals surface area contributed by atoms with Gasteiger partial charge >= 0.3 is 0 Å². The highest BCUT2D eigenvalue weighted by molar-refractivity contribution is 5.81. The Kier molecular flexibility index (Phi) is 14.3. The van der Waals surface area contributed by atoms with Crippen LogP contribution in [0.5, 0.6) is 11.5 Å². The van der Waals surface area contributed by atoms with Crippen molar-refractivity contribution in [1.82, 2.24) is 10.6 Å². The molecule has 0 aromatic heterocycles. The van der Waals surface area contributed by atoms with Crippen molar-refractivity contribution in [3.63, 3.8) is 0 Å². The first-order valence-corrected chi connectivity index (χ1v) is 14.6. The number of nitrogens with one attached hydrogen (secondary N) is 2. The lowest BCUT2D eigenvalue weighted by molar-refractivity contribution is -0.130. The molecule has 6 heteroatoms. The first-order valence-electron chi connectivity index (χ1n) is 14.6. The molecule has 238 valence electrons. The number of aromatic hydroxyl groups is 2.